The lowest BCUT2D eigenvalue weighted by atomic mass is 10.2. The van der Waals surface area contributed by atoms with Gasteiger partial charge in [0, 0.05) is 17.1 Å². The number of carbonyl (C=O) groups is 1. The van der Waals surface area contributed by atoms with Crippen LogP contribution >= 0.6 is 45.3 Å². The minimum absolute atomic E-state index is 0.00604. The molecule has 8 heteroatoms. The predicted molar refractivity (Wildman–Crippen MR) is 67.6 cm³/mol. The fourth-order valence-corrected chi connectivity index (χ4v) is 3.15. The Morgan fingerprint density at radius 2 is 2.12 bits per heavy atom. The lowest BCUT2D eigenvalue weighted by Gasteiger charge is -1.98. The van der Waals surface area contributed by atoms with Crippen molar-refractivity contribution in [1.29, 1.82) is 0 Å². The summed E-state index contributed by atoms with van der Waals surface area (Å²) >= 11 is 3.78. The molecule has 2 nitrogen and oxygen atoms in total. The zero-order valence-corrected chi connectivity index (χ0v) is 11.7. The second-order valence-corrected chi connectivity index (χ2v) is 6.83. The van der Waals surface area contributed by atoms with E-state index in [1.807, 2.05) is 22.6 Å². The van der Waals surface area contributed by atoms with Gasteiger partial charge in [0.1, 0.15) is 0 Å². The van der Waals surface area contributed by atoms with Crippen molar-refractivity contribution in [3.05, 3.63) is 36.0 Å². The van der Waals surface area contributed by atoms with Gasteiger partial charge in [-0.05, 0) is 28.7 Å². The molecule has 2 rings (SSSR count). The van der Waals surface area contributed by atoms with Crippen LogP contribution < -0.4 is 0 Å². The first-order valence-corrected chi connectivity index (χ1v) is 6.97. The third-order valence-electron chi connectivity index (χ3n) is 1.80. The Morgan fingerprint density at radius 1 is 1.41 bits per heavy atom. The van der Waals surface area contributed by atoms with E-state index >= 15 is 0 Å². The van der Waals surface area contributed by atoms with E-state index < -0.39 is 17.0 Å². The summed E-state index contributed by atoms with van der Waals surface area (Å²) in [5.41, 5.74) is 0.400. The van der Waals surface area contributed by atoms with E-state index in [0.29, 0.717) is 16.9 Å². The first-order valence-electron chi connectivity index (χ1n) is 4.19. The highest BCUT2D eigenvalue weighted by Crippen LogP contribution is 2.33. The van der Waals surface area contributed by atoms with E-state index in [9.17, 15) is 18.0 Å². The van der Waals surface area contributed by atoms with E-state index in [0.717, 1.165) is 9.08 Å². The van der Waals surface area contributed by atoms with Gasteiger partial charge in [-0.25, -0.2) is 4.98 Å². The minimum atomic E-state index is -4.49. The van der Waals surface area contributed by atoms with Crippen molar-refractivity contribution < 1.29 is 18.0 Å². The molecule has 0 aliphatic rings. The maximum absolute atomic E-state index is 12.3. The Labute approximate surface area is 116 Å². The van der Waals surface area contributed by atoms with Crippen molar-refractivity contribution >= 4 is 51.0 Å². The predicted octanol–water partition coefficient (Wildman–Crippen LogP) is 4.06. The number of halogens is 4. The van der Waals surface area contributed by atoms with Gasteiger partial charge in [0.25, 0.3) is 0 Å². The molecule has 0 spiro atoms. The Morgan fingerprint density at radius 3 is 2.59 bits per heavy atom. The van der Waals surface area contributed by atoms with Crippen LogP contribution in [0.3, 0.4) is 0 Å². The Kier molecular flexibility index (Phi) is 3.55. The standard InChI is InChI=1S/C9H3F3INOS2/c10-9(11,12)8-14-2-5(17-8)7(15)4-1-6(13)16-3-4/h1-3H. The van der Waals surface area contributed by atoms with Crippen LogP contribution in [0.25, 0.3) is 0 Å². The lowest BCUT2D eigenvalue weighted by Crippen LogP contribution is -2.03. The summed E-state index contributed by atoms with van der Waals surface area (Å²) in [5, 5.41) is 0.627. The van der Waals surface area contributed by atoms with Gasteiger partial charge in [0.05, 0.1) is 7.76 Å². The van der Waals surface area contributed by atoms with Crippen molar-refractivity contribution in [3.8, 4) is 0 Å². The molecule has 0 unspecified atom stereocenters. The molecular formula is C9H3F3INOS2. The summed E-state index contributed by atoms with van der Waals surface area (Å²) in [6, 6.07) is 1.64. The van der Waals surface area contributed by atoms with Crippen LogP contribution in [-0.4, -0.2) is 10.8 Å². The van der Waals surface area contributed by atoms with Crippen LogP contribution in [-0.2, 0) is 6.18 Å². The molecule has 0 radical (unpaired) electrons. The number of aromatic nitrogens is 1. The van der Waals surface area contributed by atoms with Crippen molar-refractivity contribution in [2.45, 2.75) is 6.18 Å². The second kappa shape index (κ2) is 4.65. The summed E-state index contributed by atoms with van der Waals surface area (Å²) < 4.78 is 37.8. The molecule has 90 valence electrons. The van der Waals surface area contributed by atoms with Crippen molar-refractivity contribution in [2.75, 3.05) is 0 Å². The van der Waals surface area contributed by atoms with E-state index in [2.05, 4.69) is 4.98 Å². The van der Waals surface area contributed by atoms with Gasteiger partial charge in [-0.2, -0.15) is 13.2 Å². The molecule has 0 bridgehead atoms. The molecule has 0 aliphatic carbocycles. The Bertz CT molecular complexity index is 561. The summed E-state index contributed by atoms with van der Waals surface area (Å²) in [5.74, 6) is -0.419. The number of carbonyl (C=O) groups excluding carboxylic acids is 1. The van der Waals surface area contributed by atoms with Crippen molar-refractivity contribution in [1.82, 2.24) is 4.98 Å². The normalized spacial score (nSPS) is 11.8. The minimum Gasteiger partial charge on any atom is -0.288 e. The van der Waals surface area contributed by atoms with Gasteiger partial charge in [-0.1, -0.05) is 0 Å². The fourth-order valence-electron chi connectivity index (χ4n) is 1.08. The van der Waals surface area contributed by atoms with Crippen LogP contribution in [0.1, 0.15) is 20.2 Å². The van der Waals surface area contributed by atoms with Gasteiger partial charge in [-0.3, -0.25) is 4.79 Å². The zero-order chi connectivity index (χ0) is 12.6. The summed E-state index contributed by atoms with van der Waals surface area (Å²) in [6.07, 6.45) is -3.52. The highest BCUT2D eigenvalue weighted by molar-refractivity contribution is 14.1. The van der Waals surface area contributed by atoms with Crippen LogP contribution in [0.15, 0.2) is 17.6 Å². The van der Waals surface area contributed by atoms with E-state index in [4.69, 9.17) is 0 Å². The number of nitrogens with zero attached hydrogens (tertiary/aromatic N) is 1. The van der Waals surface area contributed by atoms with Gasteiger partial charge >= 0.3 is 6.18 Å². The second-order valence-electron chi connectivity index (χ2n) is 3.00. The first kappa shape index (κ1) is 13.0. The number of alkyl halides is 3. The molecule has 0 fully saturated rings. The number of thiazole rings is 1. The van der Waals surface area contributed by atoms with Gasteiger partial charge in [0.2, 0.25) is 5.78 Å². The van der Waals surface area contributed by atoms with Gasteiger partial charge in [0.15, 0.2) is 5.01 Å². The molecule has 0 N–H and O–H groups in total. The van der Waals surface area contributed by atoms with E-state index in [1.165, 1.54) is 11.3 Å². The quantitative estimate of drug-likeness (QED) is 0.573. The van der Waals surface area contributed by atoms with Crippen molar-refractivity contribution in [2.24, 2.45) is 0 Å². The third kappa shape index (κ3) is 2.86. The number of ketones is 1. The van der Waals surface area contributed by atoms with Crippen LogP contribution in [0.4, 0.5) is 13.2 Å². The van der Waals surface area contributed by atoms with E-state index in [-0.39, 0.29) is 4.88 Å². The molecule has 0 aromatic carbocycles. The first-order chi connectivity index (χ1) is 7.88. The zero-order valence-electron chi connectivity index (χ0n) is 7.92. The monoisotopic (exact) mass is 389 g/mol. The van der Waals surface area contributed by atoms with Crippen LogP contribution in [0.2, 0.25) is 0 Å². The topological polar surface area (TPSA) is 30.0 Å². The van der Waals surface area contributed by atoms with E-state index in [1.54, 1.807) is 11.4 Å². The molecule has 0 atom stereocenters. The van der Waals surface area contributed by atoms with Gasteiger partial charge in [-0.15, -0.1) is 22.7 Å². The maximum Gasteiger partial charge on any atom is 0.443 e. The molecule has 2 heterocycles. The molecule has 0 aliphatic heterocycles. The Hall–Kier alpha value is -0.480. The molecule has 2 aromatic rings. The molecular weight excluding hydrogens is 386 g/mol. The summed E-state index contributed by atoms with van der Waals surface area (Å²) in [4.78, 5) is 15.0. The highest BCUT2D eigenvalue weighted by atomic mass is 127. The SMILES string of the molecule is O=C(c1csc(I)c1)c1cnc(C(F)(F)F)s1. The smallest absolute Gasteiger partial charge is 0.288 e. The lowest BCUT2D eigenvalue weighted by molar-refractivity contribution is -0.137. The number of rotatable bonds is 2. The summed E-state index contributed by atoms with van der Waals surface area (Å²) in [6.45, 7) is 0. The Balaban J connectivity index is 2.30. The van der Waals surface area contributed by atoms with Crippen LogP contribution in [0.5, 0.6) is 0 Å². The molecule has 0 saturated carbocycles. The van der Waals surface area contributed by atoms with Crippen molar-refractivity contribution in [3.63, 3.8) is 0 Å². The third-order valence-corrected chi connectivity index (χ3v) is 4.63. The number of hydrogen-bond donors (Lipinski definition) is 0. The molecule has 2 aromatic heterocycles. The maximum atomic E-state index is 12.3. The average molecular weight is 389 g/mol. The average Bonchev–Trinajstić information content (AvgIpc) is 2.83. The number of hydrogen-bond acceptors (Lipinski definition) is 4. The largest absolute Gasteiger partial charge is 0.443 e. The van der Waals surface area contributed by atoms with Gasteiger partial charge < -0.3 is 0 Å². The fraction of sp³-hybridized carbons (Fsp3) is 0.111. The molecule has 0 saturated heterocycles. The number of thiophene rings is 1. The molecule has 17 heavy (non-hydrogen) atoms. The summed E-state index contributed by atoms with van der Waals surface area (Å²) in [7, 11) is 0. The van der Waals surface area contributed by atoms with Crippen LogP contribution in [0, 0.1) is 2.88 Å². The highest BCUT2D eigenvalue weighted by Gasteiger charge is 2.35. The molecule has 0 amide bonds.